The van der Waals surface area contributed by atoms with Crippen molar-refractivity contribution in [3.05, 3.63) is 35.0 Å². The minimum Gasteiger partial charge on any atom is -0.464 e. The molecule has 0 saturated carbocycles. The van der Waals surface area contributed by atoms with Crippen LogP contribution in [0.2, 0.25) is 0 Å². The SMILES string of the molecule is O=C(O)N1C=CC=C2C1=CCS2(=O)=O. The van der Waals surface area contributed by atoms with Gasteiger partial charge in [0.15, 0.2) is 9.84 Å². The van der Waals surface area contributed by atoms with Gasteiger partial charge in [-0.25, -0.2) is 13.2 Å². The highest BCUT2D eigenvalue weighted by Gasteiger charge is 2.33. The second-order valence-corrected chi connectivity index (χ2v) is 4.90. The minimum absolute atomic E-state index is 0.0856. The van der Waals surface area contributed by atoms with E-state index in [1.165, 1.54) is 24.4 Å². The molecule has 2 aliphatic rings. The van der Waals surface area contributed by atoms with Crippen molar-refractivity contribution < 1.29 is 18.3 Å². The highest BCUT2D eigenvalue weighted by molar-refractivity contribution is 7.96. The van der Waals surface area contributed by atoms with Crippen molar-refractivity contribution in [3.8, 4) is 0 Å². The Hall–Kier alpha value is -1.56. The van der Waals surface area contributed by atoms with Gasteiger partial charge in [-0.05, 0) is 18.2 Å². The van der Waals surface area contributed by atoms with Crippen LogP contribution >= 0.6 is 0 Å². The zero-order valence-corrected chi connectivity index (χ0v) is 7.86. The molecule has 2 heterocycles. The van der Waals surface area contributed by atoms with Crippen LogP contribution in [0.25, 0.3) is 0 Å². The number of amides is 1. The zero-order valence-electron chi connectivity index (χ0n) is 7.04. The molecular formula is C8H7NO4S. The van der Waals surface area contributed by atoms with E-state index in [1.54, 1.807) is 0 Å². The van der Waals surface area contributed by atoms with Crippen molar-refractivity contribution >= 4 is 15.9 Å². The van der Waals surface area contributed by atoms with E-state index < -0.39 is 15.9 Å². The van der Waals surface area contributed by atoms with Gasteiger partial charge < -0.3 is 5.11 Å². The van der Waals surface area contributed by atoms with Crippen LogP contribution in [0, 0.1) is 0 Å². The highest BCUT2D eigenvalue weighted by atomic mass is 32.2. The Morgan fingerprint density at radius 1 is 1.50 bits per heavy atom. The quantitative estimate of drug-likeness (QED) is 0.642. The molecule has 0 radical (unpaired) electrons. The molecule has 0 unspecified atom stereocenters. The summed E-state index contributed by atoms with van der Waals surface area (Å²) in [5, 5.41) is 8.77. The summed E-state index contributed by atoms with van der Waals surface area (Å²) < 4.78 is 22.8. The average molecular weight is 213 g/mol. The van der Waals surface area contributed by atoms with E-state index in [4.69, 9.17) is 5.11 Å². The smallest absolute Gasteiger partial charge is 0.416 e. The van der Waals surface area contributed by atoms with Gasteiger partial charge in [0.25, 0.3) is 0 Å². The first kappa shape index (κ1) is 9.01. The van der Waals surface area contributed by atoms with Gasteiger partial charge in [-0.1, -0.05) is 0 Å². The lowest BCUT2D eigenvalue weighted by Crippen LogP contribution is -2.25. The normalized spacial score (nSPS) is 22.7. The topological polar surface area (TPSA) is 74.7 Å². The lowest BCUT2D eigenvalue weighted by molar-refractivity contribution is 0.173. The standard InChI is InChI=1S/C8H7NO4S/c10-8(11)9-4-1-2-7-6(9)3-5-14(7,12)13/h1-4H,5H2,(H,10,11). The van der Waals surface area contributed by atoms with Crippen molar-refractivity contribution in [1.29, 1.82) is 0 Å². The van der Waals surface area contributed by atoms with Crippen LogP contribution in [-0.4, -0.2) is 30.3 Å². The van der Waals surface area contributed by atoms with Crippen molar-refractivity contribution in [2.45, 2.75) is 0 Å². The Morgan fingerprint density at radius 2 is 2.21 bits per heavy atom. The monoisotopic (exact) mass is 213 g/mol. The number of rotatable bonds is 0. The molecule has 0 fully saturated rings. The van der Waals surface area contributed by atoms with E-state index in [-0.39, 0.29) is 16.4 Å². The Labute approximate surface area is 80.6 Å². The Morgan fingerprint density at radius 3 is 2.86 bits per heavy atom. The molecule has 14 heavy (non-hydrogen) atoms. The summed E-state index contributed by atoms with van der Waals surface area (Å²) >= 11 is 0. The predicted molar refractivity (Wildman–Crippen MR) is 49.0 cm³/mol. The van der Waals surface area contributed by atoms with Gasteiger partial charge in [0.05, 0.1) is 16.4 Å². The molecule has 2 aliphatic heterocycles. The fourth-order valence-corrected chi connectivity index (χ4v) is 2.75. The number of hydrogen-bond donors (Lipinski definition) is 1. The molecule has 0 aliphatic carbocycles. The lowest BCUT2D eigenvalue weighted by Gasteiger charge is -2.19. The van der Waals surface area contributed by atoms with Gasteiger partial charge >= 0.3 is 6.09 Å². The summed E-state index contributed by atoms with van der Waals surface area (Å²) in [5.74, 6) is -0.125. The van der Waals surface area contributed by atoms with Crippen LogP contribution in [0.1, 0.15) is 0 Å². The first-order valence-electron chi connectivity index (χ1n) is 3.86. The number of sulfone groups is 1. The van der Waals surface area contributed by atoms with E-state index in [0.717, 1.165) is 4.90 Å². The van der Waals surface area contributed by atoms with E-state index in [9.17, 15) is 13.2 Å². The lowest BCUT2D eigenvalue weighted by atomic mass is 10.3. The summed E-state index contributed by atoms with van der Waals surface area (Å²) in [6, 6.07) is 0. The summed E-state index contributed by atoms with van der Waals surface area (Å²) in [6.07, 6.45) is 4.35. The van der Waals surface area contributed by atoms with Crippen LogP contribution in [0.4, 0.5) is 4.79 Å². The third kappa shape index (κ3) is 1.15. The third-order valence-electron chi connectivity index (χ3n) is 2.03. The molecule has 1 amide bonds. The van der Waals surface area contributed by atoms with Crippen molar-refractivity contribution in [2.24, 2.45) is 0 Å². The molecule has 1 N–H and O–H groups in total. The van der Waals surface area contributed by atoms with Crippen LogP contribution < -0.4 is 0 Å². The first-order valence-corrected chi connectivity index (χ1v) is 5.51. The average Bonchev–Trinajstić information content (AvgIpc) is 2.42. The Balaban J connectivity index is 2.51. The summed E-state index contributed by atoms with van der Waals surface area (Å²) in [5.41, 5.74) is 0.236. The van der Waals surface area contributed by atoms with Gasteiger partial charge in [0.1, 0.15) is 0 Å². The van der Waals surface area contributed by atoms with Crippen LogP contribution in [0.5, 0.6) is 0 Å². The number of carbonyl (C=O) groups is 1. The van der Waals surface area contributed by atoms with Gasteiger partial charge in [0, 0.05) is 6.20 Å². The van der Waals surface area contributed by atoms with Gasteiger partial charge in [-0.15, -0.1) is 0 Å². The number of allylic oxidation sites excluding steroid dienone is 2. The van der Waals surface area contributed by atoms with Crippen molar-refractivity contribution in [1.82, 2.24) is 4.90 Å². The van der Waals surface area contributed by atoms with E-state index in [1.807, 2.05) is 0 Å². The molecule has 5 nitrogen and oxygen atoms in total. The molecule has 0 aromatic carbocycles. The molecule has 0 aromatic heterocycles. The Kier molecular flexibility index (Phi) is 1.75. The van der Waals surface area contributed by atoms with Crippen LogP contribution in [-0.2, 0) is 9.84 Å². The second kappa shape index (κ2) is 2.71. The largest absolute Gasteiger partial charge is 0.464 e. The van der Waals surface area contributed by atoms with Crippen molar-refractivity contribution in [2.75, 3.05) is 5.75 Å². The molecule has 0 spiro atoms. The molecule has 0 bridgehead atoms. The maximum Gasteiger partial charge on any atom is 0.416 e. The minimum atomic E-state index is -3.30. The van der Waals surface area contributed by atoms with Crippen molar-refractivity contribution in [3.63, 3.8) is 0 Å². The number of carboxylic acid groups (broad SMARTS) is 1. The van der Waals surface area contributed by atoms with Gasteiger partial charge in [-0.3, -0.25) is 4.90 Å². The molecular weight excluding hydrogens is 206 g/mol. The first-order chi connectivity index (χ1) is 6.52. The third-order valence-corrected chi connectivity index (χ3v) is 3.65. The summed E-state index contributed by atoms with van der Waals surface area (Å²) in [6.45, 7) is 0. The predicted octanol–water partition coefficient (Wildman–Crippen LogP) is 0.690. The van der Waals surface area contributed by atoms with E-state index in [2.05, 4.69) is 0 Å². The molecule has 74 valence electrons. The highest BCUT2D eigenvalue weighted by Crippen LogP contribution is 2.31. The molecule has 6 heteroatoms. The molecule has 0 atom stereocenters. The molecule has 0 aromatic rings. The van der Waals surface area contributed by atoms with Crippen LogP contribution in [0.15, 0.2) is 35.0 Å². The number of nitrogens with zero attached hydrogens (tertiary/aromatic N) is 1. The van der Waals surface area contributed by atoms with Crippen LogP contribution in [0.3, 0.4) is 0 Å². The maximum atomic E-state index is 11.4. The fraction of sp³-hybridized carbons (Fsp3) is 0.125. The Bertz CT molecular complexity index is 483. The summed E-state index contributed by atoms with van der Waals surface area (Å²) in [4.78, 5) is 11.7. The summed E-state index contributed by atoms with van der Waals surface area (Å²) in [7, 11) is -3.30. The van der Waals surface area contributed by atoms with Gasteiger partial charge in [-0.2, -0.15) is 0 Å². The number of fused-ring (bicyclic) bond motifs is 1. The van der Waals surface area contributed by atoms with Gasteiger partial charge in [0.2, 0.25) is 0 Å². The second-order valence-electron chi connectivity index (χ2n) is 2.90. The zero-order chi connectivity index (χ0) is 10.3. The number of hydrogen-bond acceptors (Lipinski definition) is 3. The molecule has 2 rings (SSSR count). The van der Waals surface area contributed by atoms with E-state index >= 15 is 0 Å². The molecule has 0 saturated heterocycles. The maximum absolute atomic E-state index is 11.4. The fourth-order valence-electron chi connectivity index (χ4n) is 1.41. The van der Waals surface area contributed by atoms with E-state index in [0.29, 0.717) is 0 Å².